The van der Waals surface area contributed by atoms with Crippen molar-refractivity contribution in [1.29, 1.82) is 0 Å². The Hall–Kier alpha value is -2.61. The lowest BCUT2D eigenvalue weighted by Crippen LogP contribution is -2.51. The second-order valence-electron chi connectivity index (χ2n) is 7.60. The van der Waals surface area contributed by atoms with Crippen molar-refractivity contribution in [1.82, 2.24) is 10.2 Å². The molecule has 2 unspecified atom stereocenters. The molecule has 0 spiro atoms. The third-order valence-corrected chi connectivity index (χ3v) is 5.60. The van der Waals surface area contributed by atoms with Crippen LogP contribution in [0.3, 0.4) is 0 Å². The average Bonchev–Trinajstić information content (AvgIpc) is 2.89. The minimum absolute atomic E-state index is 0.0539. The number of carbonyl (C=O) groups excluding carboxylic acids is 3. The number of amides is 2. The minimum atomic E-state index is -0.195. The van der Waals surface area contributed by atoms with Crippen molar-refractivity contribution >= 4 is 23.5 Å². The lowest BCUT2D eigenvalue weighted by atomic mass is 9.96. The van der Waals surface area contributed by atoms with E-state index in [1.54, 1.807) is 18.2 Å². The van der Waals surface area contributed by atoms with Crippen molar-refractivity contribution in [2.75, 3.05) is 25.6 Å². The summed E-state index contributed by atoms with van der Waals surface area (Å²) in [6.45, 7) is 3.95. The fourth-order valence-electron chi connectivity index (χ4n) is 4.43. The maximum Gasteiger partial charge on any atom is 0.320 e. The van der Waals surface area contributed by atoms with Gasteiger partial charge in [0, 0.05) is 36.8 Å². The first kappa shape index (κ1) is 21.1. The number of ether oxygens (including phenoxy) is 2. The number of methoxy groups -OCH3 is 1. The fraction of sp³-hybridized carbons (Fsp3) is 0.571. The van der Waals surface area contributed by atoms with Crippen LogP contribution in [0.1, 0.15) is 49.9 Å². The molecule has 2 amide bonds. The zero-order chi connectivity index (χ0) is 21.0. The Balaban J connectivity index is 1.62. The molecule has 29 heavy (non-hydrogen) atoms. The Morgan fingerprint density at radius 3 is 2.45 bits per heavy atom. The highest BCUT2D eigenvalue weighted by Gasteiger charge is 2.42. The summed E-state index contributed by atoms with van der Waals surface area (Å²) < 4.78 is 10.4. The summed E-state index contributed by atoms with van der Waals surface area (Å²) >= 11 is 0. The van der Waals surface area contributed by atoms with Crippen LogP contribution in [0.5, 0.6) is 5.75 Å². The van der Waals surface area contributed by atoms with Crippen LogP contribution in [-0.2, 0) is 14.3 Å². The molecule has 1 aromatic carbocycles. The predicted molar refractivity (Wildman–Crippen MR) is 108 cm³/mol. The van der Waals surface area contributed by atoms with Gasteiger partial charge in [0.15, 0.2) is 0 Å². The van der Waals surface area contributed by atoms with E-state index in [4.69, 9.17) is 9.47 Å². The summed E-state index contributed by atoms with van der Waals surface area (Å²) in [5, 5.41) is 5.80. The number of rotatable bonds is 7. The topological polar surface area (TPSA) is 97.0 Å². The normalized spacial score (nSPS) is 23.3. The molecule has 0 aliphatic carbocycles. The number of anilines is 1. The van der Waals surface area contributed by atoms with Gasteiger partial charge in [-0.1, -0.05) is 0 Å². The van der Waals surface area contributed by atoms with Gasteiger partial charge < -0.3 is 20.1 Å². The molecule has 158 valence electrons. The first-order valence-corrected chi connectivity index (χ1v) is 10.1. The largest absolute Gasteiger partial charge is 0.496 e. The lowest BCUT2D eigenvalue weighted by Gasteiger charge is -2.38. The van der Waals surface area contributed by atoms with E-state index in [-0.39, 0.29) is 35.9 Å². The molecule has 2 heterocycles. The number of fused-ring (bicyclic) bond motifs is 2. The third-order valence-electron chi connectivity index (χ3n) is 5.60. The highest BCUT2D eigenvalue weighted by atomic mass is 16.5. The Kier molecular flexibility index (Phi) is 6.74. The zero-order valence-electron chi connectivity index (χ0n) is 17.2. The van der Waals surface area contributed by atoms with Gasteiger partial charge in [-0.2, -0.15) is 0 Å². The maximum absolute atomic E-state index is 12.8. The first-order chi connectivity index (χ1) is 13.9. The molecule has 0 radical (unpaired) electrons. The summed E-state index contributed by atoms with van der Waals surface area (Å²) in [7, 11) is 1.50. The van der Waals surface area contributed by atoms with Gasteiger partial charge in [-0.15, -0.1) is 0 Å². The summed E-state index contributed by atoms with van der Waals surface area (Å²) in [5.41, 5.74) is 1.01. The van der Waals surface area contributed by atoms with Crippen molar-refractivity contribution in [3.63, 3.8) is 0 Å². The highest BCUT2D eigenvalue weighted by Crippen LogP contribution is 2.36. The average molecular weight is 403 g/mol. The molecule has 0 saturated carbocycles. The molecule has 2 aliphatic rings. The smallest absolute Gasteiger partial charge is 0.320 e. The second kappa shape index (κ2) is 9.26. The molecular formula is C21H29N3O5. The van der Waals surface area contributed by atoms with Crippen molar-refractivity contribution < 1.29 is 23.9 Å². The van der Waals surface area contributed by atoms with Crippen LogP contribution in [0.15, 0.2) is 18.2 Å². The van der Waals surface area contributed by atoms with Crippen molar-refractivity contribution in [3.05, 3.63) is 23.8 Å². The first-order valence-electron chi connectivity index (χ1n) is 10.1. The van der Waals surface area contributed by atoms with Gasteiger partial charge >= 0.3 is 5.97 Å². The van der Waals surface area contributed by atoms with Gasteiger partial charge in [-0.25, -0.2) is 0 Å². The van der Waals surface area contributed by atoms with Gasteiger partial charge in [0.1, 0.15) is 5.75 Å². The summed E-state index contributed by atoms with van der Waals surface area (Å²) in [5.74, 6) is -0.152. The Bertz CT molecular complexity index is 768. The fourth-order valence-corrected chi connectivity index (χ4v) is 4.43. The van der Waals surface area contributed by atoms with Crippen LogP contribution in [0, 0.1) is 0 Å². The van der Waals surface area contributed by atoms with Gasteiger partial charge in [-0.3, -0.25) is 19.3 Å². The summed E-state index contributed by atoms with van der Waals surface area (Å²) in [4.78, 5) is 38.2. The summed E-state index contributed by atoms with van der Waals surface area (Å²) in [6, 6.07) is 5.61. The number of hydrogen-bond donors (Lipinski definition) is 2. The molecule has 2 atom stereocenters. The second-order valence-corrected chi connectivity index (χ2v) is 7.60. The van der Waals surface area contributed by atoms with Gasteiger partial charge in [0.2, 0.25) is 5.91 Å². The van der Waals surface area contributed by atoms with E-state index in [9.17, 15) is 14.4 Å². The number of benzene rings is 1. The Morgan fingerprint density at radius 1 is 1.17 bits per heavy atom. The number of hydrogen-bond acceptors (Lipinski definition) is 6. The van der Waals surface area contributed by atoms with Gasteiger partial charge in [0.25, 0.3) is 5.91 Å². The van der Waals surface area contributed by atoms with Crippen LogP contribution in [0.25, 0.3) is 0 Å². The molecular weight excluding hydrogens is 374 g/mol. The number of nitrogens with zero attached hydrogens (tertiary/aromatic N) is 1. The monoisotopic (exact) mass is 403 g/mol. The van der Waals surface area contributed by atoms with Crippen molar-refractivity contribution in [3.8, 4) is 5.75 Å². The lowest BCUT2D eigenvalue weighted by molar-refractivity contribution is -0.145. The summed E-state index contributed by atoms with van der Waals surface area (Å²) in [6.07, 6.45) is 3.69. The Morgan fingerprint density at radius 2 is 1.86 bits per heavy atom. The molecule has 8 heteroatoms. The molecule has 2 fully saturated rings. The maximum atomic E-state index is 12.8. The van der Waals surface area contributed by atoms with Gasteiger partial charge in [0.05, 0.1) is 25.8 Å². The van der Waals surface area contributed by atoms with E-state index in [0.29, 0.717) is 30.2 Å². The highest BCUT2D eigenvalue weighted by molar-refractivity contribution is 5.98. The van der Waals surface area contributed by atoms with E-state index in [1.165, 1.54) is 14.0 Å². The van der Waals surface area contributed by atoms with E-state index in [2.05, 4.69) is 15.5 Å². The molecule has 2 saturated heterocycles. The number of piperidine rings is 1. The van der Waals surface area contributed by atoms with Crippen LogP contribution >= 0.6 is 0 Å². The van der Waals surface area contributed by atoms with E-state index >= 15 is 0 Å². The Labute approximate surface area is 170 Å². The molecule has 1 aromatic rings. The SMILES string of the molecule is CCOC(=O)CN1C2CCC1CC(NC(=O)c1ccc(NC(C)=O)cc1OC)C2. The third kappa shape index (κ3) is 5.06. The number of carbonyl (C=O) groups is 3. The van der Waals surface area contributed by atoms with E-state index < -0.39 is 0 Å². The molecule has 2 bridgehead atoms. The molecule has 8 nitrogen and oxygen atoms in total. The van der Waals surface area contributed by atoms with Crippen LogP contribution < -0.4 is 15.4 Å². The van der Waals surface area contributed by atoms with E-state index in [0.717, 1.165) is 25.7 Å². The molecule has 2 aliphatic heterocycles. The number of esters is 1. The van der Waals surface area contributed by atoms with Gasteiger partial charge in [-0.05, 0) is 44.7 Å². The number of nitrogens with one attached hydrogen (secondary N) is 2. The molecule has 0 aromatic heterocycles. The van der Waals surface area contributed by atoms with Crippen LogP contribution in [-0.4, -0.2) is 61.1 Å². The predicted octanol–water partition coefficient (Wildman–Crippen LogP) is 1.94. The van der Waals surface area contributed by atoms with Crippen LogP contribution in [0.2, 0.25) is 0 Å². The van der Waals surface area contributed by atoms with Crippen molar-refractivity contribution in [2.24, 2.45) is 0 Å². The quantitative estimate of drug-likeness (QED) is 0.676. The van der Waals surface area contributed by atoms with E-state index in [1.807, 2.05) is 6.92 Å². The van der Waals surface area contributed by atoms with Crippen molar-refractivity contribution in [2.45, 2.75) is 57.7 Å². The standard InChI is InChI=1S/C21H29N3O5/c1-4-29-20(26)12-24-16-6-7-17(24)10-15(9-16)23-21(27)18-8-5-14(22-13(2)25)11-19(18)28-3/h5,8,11,15-17H,4,6-7,9-10,12H2,1-3H3,(H,22,25)(H,23,27). The van der Waals surface area contributed by atoms with Crippen LogP contribution in [0.4, 0.5) is 5.69 Å². The minimum Gasteiger partial charge on any atom is -0.496 e. The molecule has 2 N–H and O–H groups in total. The zero-order valence-corrected chi connectivity index (χ0v) is 17.2. The molecule has 3 rings (SSSR count).